The molecule has 1 N–H and O–H groups in total. The Balaban J connectivity index is 2.16. The first kappa shape index (κ1) is 9.92. The number of rotatable bonds is 4. The molecule has 0 spiro atoms. The SMILES string of the molecule is CC[CH2][Ru]([C]1=CC=CC1)[c]1ccc[nH]1. The number of hydrogen-bond donors (Lipinski definition) is 1. The van der Waals surface area contributed by atoms with E-state index in [1.165, 1.54) is 22.1 Å². The molecule has 0 saturated heterocycles. The van der Waals surface area contributed by atoms with Crippen LogP contribution in [-0.2, 0) is 16.0 Å². The van der Waals surface area contributed by atoms with Gasteiger partial charge in [0.15, 0.2) is 0 Å². The predicted octanol–water partition coefficient (Wildman–Crippen LogP) is 2.93. The molecular formula is C12H16NRu. The van der Waals surface area contributed by atoms with Gasteiger partial charge in [-0.3, -0.25) is 0 Å². The molecule has 1 aliphatic carbocycles. The Morgan fingerprint density at radius 1 is 1.50 bits per heavy atom. The number of H-pyrrole nitrogens is 1. The van der Waals surface area contributed by atoms with Gasteiger partial charge >= 0.3 is 90.7 Å². The molecule has 1 nitrogen and oxygen atoms in total. The summed E-state index contributed by atoms with van der Waals surface area (Å²) in [5.74, 6) is 0. The van der Waals surface area contributed by atoms with Crippen LogP contribution in [0.2, 0.25) is 5.02 Å². The molecule has 14 heavy (non-hydrogen) atoms. The van der Waals surface area contributed by atoms with E-state index in [1.807, 2.05) is 0 Å². The van der Waals surface area contributed by atoms with Gasteiger partial charge in [0.25, 0.3) is 0 Å². The molecule has 0 aliphatic heterocycles. The summed E-state index contributed by atoms with van der Waals surface area (Å²) in [6.45, 7) is 2.28. The zero-order valence-corrected chi connectivity index (χ0v) is 10.2. The molecule has 0 fully saturated rings. The van der Waals surface area contributed by atoms with Crippen LogP contribution in [0.5, 0.6) is 0 Å². The van der Waals surface area contributed by atoms with Gasteiger partial charge in [0.2, 0.25) is 0 Å². The van der Waals surface area contributed by atoms with E-state index < -0.39 is 16.0 Å². The first-order valence-electron chi connectivity index (χ1n) is 5.02. The van der Waals surface area contributed by atoms with Crippen molar-refractivity contribution in [2.75, 3.05) is 0 Å². The summed E-state index contributed by atoms with van der Waals surface area (Å²) in [4.78, 5) is 3.39. The van der Waals surface area contributed by atoms with Crippen molar-refractivity contribution in [1.82, 2.24) is 4.98 Å². The third kappa shape index (κ3) is 2.06. The molecule has 77 valence electrons. The Bertz CT molecular complexity index is 335. The molecule has 2 heteroatoms. The van der Waals surface area contributed by atoms with Crippen molar-refractivity contribution in [3.8, 4) is 0 Å². The van der Waals surface area contributed by atoms with E-state index in [-0.39, 0.29) is 0 Å². The number of allylic oxidation sites excluding steroid dienone is 4. The molecule has 0 unspecified atom stereocenters. The van der Waals surface area contributed by atoms with Crippen molar-refractivity contribution in [3.05, 3.63) is 40.7 Å². The molecule has 0 radical (unpaired) electrons. The molecule has 0 atom stereocenters. The topological polar surface area (TPSA) is 15.8 Å². The predicted molar refractivity (Wildman–Crippen MR) is 57.4 cm³/mol. The van der Waals surface area contributed by atoms with E-state index in [0.29, 0.717) is 0 Å². The quantitative estimate of drug-likeness (QED) is 0.813. The minimum atomic E-state index is -0.899. The summed E-state index contributed by atoms with van der Waals surface area (Å²) in [5, 5.41) is 1.39. The summed E-state index contributed by atoms with van der Waals surface area (Å²) in [7, 11) is 0. The average Bonchev–Trinajstić information content (AvgIpc) is 2.87. The third-order valence-electron chi connectivity index (χ3n) is 2.13. The molecule has 0 amide bonds. The molecule has 0 aromatic carbocycles. The maximum absolute atomic E-state index is 3.39. The molecule has 2 rings (SSSR count). The van der Waals surface area contributed by atoms with E-state index in [9.17, 15) is 0 Å². The third-order valence-corrected chi connectivity index (χ3v) is 7.53. The van der Waals surface area contributed by atoms with Crippen molar-refractivity contribution in [1.29, 1.82) is 0 Å². The van der Waals surface area contributed by atoms with E-state index in [4.69, 9.17) is 0 Å². The van der Waals surface area contributed by atoms with Crippen LogP contribution < -0.4 is 4.29 Å². The van der Waals surface area contributed by atoms with E-state index in [0.717, 1.165) is 0 Å². The number of hydrogen-bond acceptors (Lipinski definition) is 0. The number of aromatic amines is 1. The number of nitrogens with one attached hydrogen (secondary N) is 1. The van der Waals surface area contributed by atoms with Crippen LogP contribution in [0.15, 0.2) is 40.7 Å². The van der Waals surface area contributed by atoms with Crippen LogP contribution in [-0.4, -0.2) is 4.98 Å². The van der Waals surface area contributed by atoms with Gasteiger partial charge in [0.1, 0.15) is 0 Å². The van der Waals surface area contributed by atoms with Gasteiger partial charge in [0.05, 0.1) is 0 Å². The summed E-state index contributed by atoms with van der Waals surface area (Å²) in [6.07, 6.45) is 11.3. The molecule has 1 aromatic heterocycles. The first-order valence-corrected chi connectivity index (χ1v) is 7.99. The molecular weight excluding hydrogens is 259 g/mol. The maximum atomic E-state index is 3.39. The summed E-state index contributed by atoms with van der Waals surface area (Å²) in [6, 6.07) is 4.38. The van der Waals surface area contributed by atoms with Gasteiger partial charge in [-0.25, -0.2) is 0 Å². The fraction of sp³-hybridized carbons (Fsp3) is 0.333. The van der Waals surface area contributed by atoms with Crippen molar-refractivity contribution in [3.63, 3.8) is 0 Å². The molecule has 1 aromatic rings. The van der Waals surface area contributed by atoms with Gasteiger partial charge < -0.3 is 0 Å². The minimum absolute atomic E-state index is 0.899. The van der Waals surface area contributed by atoms with Crippen molar-refractivity contribution < 1.29 is 16.0 Å². The van der Waals surface area contributed by atoms with Crippen molar-refractivity contribution in [2.45, 2.75) is 24.8 Å². The van der Waals surface area contributed by atoms with Gasteiger partial charge in [0, 0.05) is 0 Å². The van der Waals surface area contributed by atoms with Crippen LogP contribution in [0.1, 0.15) is 19.8 Å². The molecule has 1 aliphatic rings. The molecule has 0 bridgehead atoms. The Morgan fingerprint density at radius 3 is 3.00 bits per heavy atom. The van der Waals surface area contributed by atoms with Gasteiger partial charge in [-0.05, 0) is 0 Å². The zero-order chi connectivity index (χ0) is 9.80. The van der Waals surface area contributed by atoms with Gasteiger partial charge in [-0.2, -0.15) is 0 Å². The average molecular weight is 275 g/mol. The Labute approximate surface area is 90.8 Å². The second kappa shape index (κ2) is 4.75. The Morgan fingerprint density at radius 2 is 2.43 bits per heavy atom. The second-order valence-corrected chi connectivity index (χ2v) is 7.84. The van der Waals surface area contributed by atoms with Crippen LogP contribution in [0.3, 0.4) is 0 Å². The van der Waals surface area contributed by atoms with Gasteiger partial charge in [-0.1, -0.05) is 0 Å². The summed E-state index contributed by atoms with van der Waals surface area (Å²) in [5.41, 5.74) is 0. The van der Waals surface area contributed by atoms with Crippen LogP contribution in [0.4, 0.5) is 0 Å². The van der Waals surface area contributed by atoms with E-state index in [2.05, 4.69) is 48.5 Å². The normalized spacial score (nSPS) is 15.8. The fourth-order valence-electron chi connectivity index (χ4n) is 1.52. The molecule has 0 saturated carbocycles. The zero-order valence-electron chi connectivity index (χ0n) is 8.44. The summed E-state index contributed by atoms with van der Waals surface area (Å²) >= 11 is -0.899. The number of aromatic nitrogens is 1. The van der Waals surface area contributed by atoms with E-state index in [1.54, 1.807) is 4.17 Å². The van der Waals surface area contributed by atoms with Crippen molar-refractivity contribution in [2.24, 2.45) is 0 Å². The summed E-state index contributed by atoms with van der Waals surface area (Å²) < 4.78 is 3.20. The van der Waals surface area contributed by atoms with E-state index >= 15 is 0 Å². The van der Waals surface area contributed by atoms with Crippen LogP contribution in [0.25, 0.3) is 0 Å². The van der Waals surface area contributed by atoms with Crippen LogP contribution >= 0.6 is 0 Å². The second-order valence-electron chi connectivity index (χ2n) is 3.25. The standard InChI is InChI=1S/C5H5.C4H4N.C3H7.Ru/c2*1-2-4-5-3-1;1-3-2;/h1-3H,4H2;1-3,5H;1,3H2,2H3;. The van der Waals surface area contributed by atoms with Gasteiger partial charge in [-0.15, -0.1) is 0 Å². The Kier molecular flexibility index (Phi) is 3.36. The fourth-order valence-corrected chi connectivity index (χ4v) is 6.13. The first-order chi connectivity index (χ1) is 6.92. The van der Waals surface area contributed by atoms with Crippen LogP contribution in [0, 0.1) is 0 Å². The Hall–Kier alpha value is -0.617. The van der Waals surface area contributed by atoms with Crippen molar-refractivity contribution >= 4 is 4.29 Å². The molecule has 1 heterocycles. The monoisotopic (exact) mass is 276 g/mol.